The predicted octanol–water partition coefficient (Wildman–Crippen LogP) is 6.98. The number of aliphatic hydroxyl groups excluding tert-OH is 1. The molecule has 5 aromatic carbocycles. The molecule has 1 saturated heterocycles. The summed E-state index contributed by atoms with van der Waals surface area (Å²) in [6.45, 7) is 1.42. The molecular formula is C41H37N5O6S. The highest BCUT2D eigenvalue weighted by Crippen LogP contribution is 2.48. The molecule has 268 valence electrons. The van der Waals surface area contributed by atoms with E-state index < -0.39 is 12.4 Å². The number of anilines is 1. The summed E-state index contributed by atoms with van der Waals surface area (Å²) >= 11 is 1.46. The Morgan fingerprint density at radius 3 is 2.25 bits per heavy atom. The van der Waals surface area contributed by atoms with Gasteiger partial charge in [0, 0.05) is 28.5 Å². The number of nitrogens with one attached hydrogen (secondary N) is 1. The summed E-state index contributed by atoms with van der Waals surface area (Å²) in [7, 11) is 0. The number of rotatable bonds is 12. The van der Waals surface area contributed by atoms with Crippen LogP contribution in [0.15, 0.2) is 133 Å². The summed E-state index contributed by atoms with van der Waals surface area (Å²) in [6.07, 6.45) is -1.39. The summed E-state index contributed by atoms with van der Waals surface area (Å²) in [6, 6.07) is 39.0. The van der Waals surface area contributed by atoms with Crippen molar-refractivity contribution in [2.45, 2.75) is 49.5 Å². The van der Waals surface area contributed by atoms with Gasteiger partial charge in [0.1, 0.15) is 5.75 Å². The maximum atomic E-state index is 12.9. The van der Waals surface area contributed by atoms with Gasteiger partial charge in [0.25, 0.3) is 0 Å². The molecule has 1 aliphatic heterocycles. The molecule has 1 fully saturated rings. The molecule has 3 N–H and O–H groups in total. The highest BCUT2D eigenvalue weighted by atomic mass is 32.2. The van der Waals surface area contributed by atoms with Gasteiger partial charge in [0.05, 0.1) is 30.9 Å². The first-order chi connectivity index (χ1) is 25.8. The number of carbonyl (C=O) groups is 2. The number of tetrazole rings is 1. The third-order valence-corrected chi connectivity index (χ3v) is 10.1. The van der Waals surface area contributed by atoms with E-state index in [0.29, 0.717) is 27.8 Å². The number of Topliss-reactive ketones (excluding diaryl/α,β-unsaturated/α-hetero) is 1. The summed E-state index contributed by atoms with van der Waals surface area (Å²) in [4.78, 5) is 24.7. The van der Waals surface area contributed by atoms with Crippen LogP contribution in [0.2, 0.25) is 0 Å². The van der Waals surface area contributed by atoms with Crippen LogP contribution in [0.4, 0.5) is 5.69 Å². The van der Waals surface area contributed by atoms with Gasteiger partial charge in [-0.3, -0.25) is 9.59 Å². The van der Waals surface area contributed by atoms with Gasteiger partial charge in [-0.2, -0.15) is 4.68 Å². The number of carbonyl (C=O) groups excluding carboxylic acids is 2. The molecule has 0 radical (unpaired) electrons. The number of aliphatic hydroxyl groups is 1. The minimum absolute atomic E-state index is 0.0656. The molecule has 6 aromatic rings. The topological polar surface area (TPSA) is 149 Å². The number of nitrogens with zero attached hydrogens (tertiary/aromatic N) is 4. The van der Waals surface area contributed by atoms with Crippen LogP contribution >= 0.6 is 11.8 Å². The lowest BCUT2D eigenvalue weighted by molar-refractivity contribution is -0.255. The van der Waals surface area contributed by atoms with Crippen LogP contribution in [0.5, 0.6) is 5.75 Å². The number of ether oxygens (including phenoxy) is 2. The van der Waals surface area contributed by atoms with E-state index in [9.17, 15) is 19.8 Å². The molecule has 0 spiro atoms. The van der Waals surface area contributed by atoms with Crippen molar-refractivity contribution in [2.75, 3.05) is 11.1 Å². The molecule has 4 atom stereocenters. The Balaban J connectivity index is 1.15. The van der Waals surface area contributed by atoms with Crippen molar-refractivity contribution in [2.24, 2.45) is 0 Å². The van der Waals surface area contributed by atoms with Gasteiger partial charge in [0.15, 0.2) is 12.1 Å². The van der Waals surface area contributed by atoms with Gasteiger partial charge in [-0.25, -0.2) is 0 Å². The van der Waals surface area contributed by atoms with Crippen molar-refractivity contribution in [3.05, 3.63) is 161 Å². The molecule has 1 amide bonds. The molecule has 0 bridgehead atoms. The lowest BCUT2D eigenvalue weighted by atomic mass is 9.84. The molecular weight excluding hydrogens is 691 g/mol. The average Bonchev–Trinajstić information content (AvgIpc) is 3.66. The Bertz CT molecular complexity index is 2160. The highest BCUT2D eigenvalue weighted by molar-refractivity contribution is 7.99. The number of phenols is 1. The van der Waals surface area contributed by atoms with Gasteiger partial charge < -0.3 is 25.0 Å². The van der Waals surface area contributed by atoms with Crippen LogP contribution in [0.1, 0.15) is 63.4 Å². The van der Waals surface area contributed by atoms with Gasteiger partial charge in [-0.05, 0) is 76.0 Å². The lowest BCUT2D eigenvalue weighted by Crippen LogP contribution is -2.38. The third-order valence-electron chi connectivity index (χ3n) is 9.05. The Hall–Kier alpha value is -5.66. The van der Waals surface area contributed by atoms with Crippen LogP contribution in [0, 0.1) is 0 Å². The fourth-order valence-electron chi connectivity index (χ4n) is 6.33. The normalized spacial score (nSPS) is 18.4. The number of aromatic hydroxyl groups is 1. The van der Waals surface area contributed by atoms with E-state index in [1.54, 1.807) is 53.2 Å². The second-order valence-electron chi connectivity index (χ2n) is 12.7. The monoisotopic (exact) mass is 727 g/mol. The number of thioether (sulfide) groups is 1. The smallest absolute Gasteiger partial charge is 0.228 e. The number of amides is 1. The summed E-state index contributed by atoms with van der Waals surface area (Å²) in [5, 5.41) is 35.4. The zero-order valence-electron chi connectivity index (χ0n) is 28.8. The molecule has 1 aromatic heterocycles. The molecule has 1 unspecified atom stereocenters. The van der Waals surface area contributed by atoms with Crippen LogP contribution < -0.4 is 5.32 Å². The minimum atomic E-state index is -0.742. The Labute approximate surface area is 310 Å². The van der Waals surface area contributed by atoms with Gasteiger partial charge in [-0.15, -0.1) is 5.10 Å². The zero-order chi connectivity index (χ0) is 36.7. The van der Waals surface area contributed by atoms with Crippen molar-refractivity contribution >= 4 is 29.1 Å². The van der Waals surface area contributed by atoms with Crippen LogP contribution in [0.25, 0.3) is 5.69 Å². The maximum Gasteiger partial charge on any atom is 0.228 e. The number of hydrogen-bond acceptors (Lipinski definition) is 10. The van der Waals surface area contributed by atoms with E-state index in [1.165, 1.54) is 18.7 Å². The van der Waals surface area contributed by atoms with Crippen molar-refractivity contribution in [1.82, 2.24) is 20.2 Å². The maximum absolute atomic E-state index is 12.9. The number of hydrogen-bond donors (Lipinski definition) is 3. The van der Waals surface area contributed by atoms with E-state index in [1.807, 2.05) is 66.7 Å². The summed E-state index contributed by atoms with van der Waals surface area (Å²) in [5.41, 5.74) is 6.18. The Morgan fingerprint density at radius 2 is 1.53 bits per heavy atom. The first-order valence-corrected chi connectivity index (χ1v) is 18.1. The van der Waals surface area contributed by atoms with Crippen molar-refractivity contribution in [3.63, 3.8) is 0 Å². The van der Waals surface area contributed by atoms with Gasteiger partial charge in [-0.1, -0.05) is 103 Å². The Morgan fingerprint density at radius 1 is 0.811 bits per heavy atom. The predicted molar refractivity (Wildman–Crippen MR) is 200 cm³/mol. The number of aromatic nitrogens is 4. The van der Waals surface area contributed by atoms with Gasteiger partial charge in [0.2, 0.25) is 11.1 Å². The summed E-state index contributed by atoms with van der Waals surface area (Å²) in [5.74, 6) is 0.134. The number of benzene rings is 5. The molecule has 2 heterocycles. The molecule has 7 rings (SSSR count). The first kappa shape index (κ1) is 35.7. The SMILES string of the molecule is CC(=O)c1cccc(NC(=O)Cc2ccc(C3O[C@H](CSc4nnnn4-c4ccc(O)cc4)[C@@H](c4ccccc4)[C@H](c4ccc(CO)cc4)O3)cc2)c1. The average molecular weight is 728 g/mol. The van der Waals surface area contributed by atoms with E-state index in [-0.39, 0.29) is 42.5 Å². The Kier molecular flexibility index (Phi) is 11.0. The number of ketones is 1. The zero-order valence-corrected chi connectivity index (χ0v) is 29.6. The highest BCUT2D eigenvalue weighted by Gasteiger charge is 2.42. The van der Waals surface area contributed by atoms with E-state index in [2.05, 4.69) is 33.0 Å². The molecule has 11 nitrogen and oxygen atoms in total. The molecule has 53 heavy (non-hydrogen) atoms. The minimum Gasteiger partial charge on any atom is -0.508 e. The molecule has 0 saturated carbocycles. The molecule has 12 heteroatoms. The fourth-order valence-corrected chi connectivity index (χ4v) is 7.29. The van der Waals surface area contributed by atoms with Crippen LogP contribution in [-0.4, -0.2) is 54.0 Å². The van der Waals surface area contributed by atoms with E-state index in [4.69, 9.17) is 9.47 Å². The molecule has 1 aliphatic rings. The second kappa shape index (κ2) is 16.3. The van der Waals surface area contributed by atoms with Gasteiger partial charge >= 0.3 is 0 Å². The quantitative estimate of drug-likeness (QED) is 0.0891. The van der Waals surface area contributed by atoms with Crippen LogP contribution in [-0.2, 0) is 27.3 Å². The molecule has 0 aliphatic carbocycles. The lowest BCUT2D eigenvalue weighted by Gasteiger charge is -2.43. The van der Waals surface area contributed by atoms with Crippen molar-refractivity contribution in [3.8, 4) is 11.4 Å². The third kappa shape index (κ3) is 8.53. The van der Waals surface area contributed by atoms with E-state index in [0.717, 1.165) is 27.8 Å². The second-order valence-corrected chi connectivity index (χ2v) is 13.7. The largest absolute Gasteiger partial charge is 0.508 e. The van der Waals surface area contributed by atoms with Crippen LogP contribution in [0.3, 0.4) is 0 Å². The standard InChI is InChI=1S/C41H37N5O6S/c1-26(48)32-8-5-9-33(23-32)42-37(50)22-27-10-16-31(17-11-27)40-51-36(25-53-41-43-44-45-46(41)34-18-20-35(49)21-19-34)38(29-6-3-2-4-7-29)39(52-40)30-14-12-28(24-47)13-15-30/h2-21,23,36,38-40,47,49H,22,24-25H2,1H3,(H,42,50)/t36-,38-,39+,40?/m1/s1. The fraction of sp³-hybridized carbons (Fsp3) is 0.195. The van der Waals surface area contributed by atoms with E-state index >= 15 is 0 Å². The van der Waals surface area contributed by atoms with Crippen molar-refractivity contribution in [1.29, 1.82) is 0 Å². The number of phenolic OH excluding ortho intramolecular Hbond substituents is 1. The van der Waals surface area contributed by atoms with Crippen molar-refractivity contribution < 1.29 is 29.3 Å². The summed E-state index contributed by atoms with van der Waals surface area (Å²) < 4.78 is 15.3. The first-order valence-electron chi connectivity index (χ1n) is 17.1.